The van der Waals surface area contributed by atoms with Gasteiger partial charge in [-0.1, -0.05) is 13.8 Å². The van der Waals surface area contributed by atoms with Crippen molar-refractivity contribution in [1.29, 1.82) is 5.26 Å². The van der Waals surface area contributed by atoms with Crippen molar-refractivity contribution in [2.75, 3.05) is 0 Å². The molecule has 3 nitrogen and oxygen atoms in total. The van der Waals surface area contributed by atoms with E-state index in [9.17, 15) is 0 Å². The molecule has 0 amide bonds. The monoisotopic (exact) mass is 161 g/mol. The predicted octanol–water partition coefficient (Wildman–Crippen LogP) is 1.78. The first-order valence-electron chi connectivity index (χ1n) is 3.89. The fourth-order valence-electron chi connectivity index (χ4n) is 1.12. The van der Waals surface area contributed by atoms with Crippen LogP contribution in [0.2, 0.25) is 0 Å². The zero-order valence-electron chi connectivity index (χ0n) is 7.50. The molecule has 0 bridgehead atoms. The van der Waals surface area contributed by atoms with Crippen LogP contribution in [0.1, 0.15) is 36.7 Å². The maximum absolute atomic E-state index is 8.54. The maximum Gasteiger partial charge on any atom is 0.163 e. The maximum atomic E-state index is 8.54. The second-order valence-electron chi connectivity index (χ2n) is 3.06. The highest BCUT2D eigenvalue weighted by Gasteiger charge is 2.06. The minimum atomic E-state index is 0.366. The van der Waals surface area contributed by atoms with Gasteiger partial charge >= 0.3 is 0 Å². The molecule has 0 radical (unpaired) electrons. The van der Waals surface area contributed by atoms with Gasteiger partial charge in [0.15, 0.2) is 5.69 Å². The van der Waals surface area contributed by atoms with E-state index in [1.54, 1.807) is 6.07 Å². The third kappa shape index (κ3) is 1.59. The minimum Gasteiger partial charge on any atom is -0.191 e. The van der Waals surface area contributed by atoms with Crippen molar-refractivity contribution in [2.45, 2.75) is 26.7 Å². The van der Waals surface area contributed by atoms with Crippen molar-refractivity contribution in [3.05, 3.63) is 23.0 Å². The molecule has 12 heavy (non-hydrogen) atoms. The van der Waals surface area contributed by atoms with Crippen molar-refractivity contribution < 1.29 is 0 Å². The number of hydrogen-bond donors (Lipinski definition) is 0. The van der Waals surface area contributed by atoms with Gasteiger partial charge in [0.05, 0.1) is 5.69 Å². The van der Waals surface area contributed by atoms with E-state index < -0.39 is 0 Å². The highest BCUT2D eigenvalue weighted by atomic mass is 15.1. The van der Waals surface area contributed by atoms with E-state index in [1.807, 2.05) is 13.0 Å². The van der Waals surface area contributed by atoms with Gasteiger partial charge in [-0.2, -0.15) is 10.4 Å². The fraction of sp³-hybridized carbons (Fsp3) is 0.444. The molecular weight excluding hydrogens is 150 g/mol. The molecule has 0 saturated carbocycles. The normalized spacial score (nSPS) is 9.92. The number of nitriles is 1. The summed E-state index contributed by atoms with van der Waals surface area (Å²) in [6, 6.07) is 3.73. The van der Waals surface area contributed by atoms with Gasteiger partial charge in [0.1, 0.15) is 6.07 Å². The lowest BCUT2D eigenvalue weighted by molar-refractivity contribution is 0.770. The Balaban J connectivity index is 3.14. The van der Waals surface area contributed by atoms with E-state index in [2.05, 4.69) is 24.0 Å². The molecule has 0 unspecified atom stereocenters. The molecule has 0 fully saturated rings. The third-order valence-corrected chi connectivity index (χ3v) is 1.68. The van der Waals surface area contributed by atoms with Crippen molar-refractivity contribution in [3.8, 4) is 6.07 Å². The van der Waals surface area contributed by atoms with Crippen LogP contribution in [0.4, 0.5) is 0 Å². The molecule has 0 atom stereocenters. The lowest BCUT2D eigenvalue weighted by Crippen LogP contribution is -2.00. The Morgan fingerprint density at radius 1 is 1.42 bits per heavy atom. The van der Waals surface area contributed by atoms with E-state index in [0.717, 1.165) is 11.3 Å². The largest absolute Gasteiger partial charge is 0.191 e. The summed E-state index contributed by atoms with van der Waals surface area (Å²) < 4.78 is 0. The van der Waals surface area contributed by atoms with Crippen LogP contribution in [0.5, 0.6) is 0 Å². The summed E-state index contributed by atoms with van der Waals surface area (Å²) in [5.74, 6) is 0.366. The van der Waals surface area contributed by atoms with E-state index in [-0.39, 0.29) is 0 Å². The predicted molar refractivity (Wildman–Crippen MR) is 45.6 cm³/mol. The molecule has 0 aromatic carbocycles. The van der Waals surface area contributed by atoms with Gasteiger partial charge in [-0.15, -0.1) is 5.10 Å². The Hall–Kier alpha value is -1.43. The quantitative estimate of drug-likeness (QED) is 0.630. The summed E-state index contributed by atoms with van der Waals surface area (Å²) in [5, 5.41) is 16.3. The van der Waals surface area contributed by atoms with E-state index >= 15 is 0 Å². The van der Waals surface area contributed by atoms with Crippen molar-refractivity contribution in [2.24, 2.45) is 0 Å². The molecule has 0 aliphatic carbocycles. The molecule has 0 aliphatic heterocycles. The second kappa shape index (κ2) is 3.31. The highest BCUT2D eigenvalue weighted by molar-refractivity contribution is 5.27. The molecule has 3 heteroatoms. The first-order chi connectivity index (χ1) is 5.65. The van der Waals surface area contributed by atoms with Crippen LogP contribution < -0.4 is 0 Å². The van der Waals surface area contributed by atoms with E-state index in [4.69, 9.17) is 5.26 Å². The van der Waals surface area contributed by atoms with Crippen LogP contribution >= 0.6 is 0 Å². The lowest BCUT2D eigenvalue weighted by atomic mass is 10.1. The second-order valence-corrected chi connectivity index (χ2v) is 3.06. The van der Waals surface area contributed by atoms with Gasteiger partial charge in [-0.3, -0.25) is 0 Å². The molecule has 0 N–H and O–H groups in total. The van der Waals surface area contributed by atoms with Crippen LogP contribution in [0.3, 0.4) is 0 Å². The highest BCUT2D eigenvalue weighted by Crippen LogP contribution is 2.14. The molecule has 1 heterocycles. The Kier molecular flexibility index (Phi) is 2.39. The summed E-state index contributed by atoms with van der Waals surface area (Å²) in [6.07, 6.45) is 0. The summed E-state index contributed by atoms with van der Waals surface area (Å²) in [6.45, 7) is 6.07. The van der Waals surface area contributed by atoms with Gasteiger partial charge in [0.25, 0.3) is 0 Å². The van der Waals surface area contributed by atoms with Crippen LogP contribution in [-0.2, 0) is 0 Å². The molecule has 1 aromatic rings. The van der Waals surface area contributed by atoms with Crippen LogP contribution in [0.25, 0.3) is 0 Å². The molecule has 0 saturated heterocycles. The average molecular weight is 161 g/mol. The first-order valence-corrected chi connectivity index (χ1v) is 3.89. The van der Waals surface area contributed by atoms with Crippen molar-refractivity contribution in [3.63, 3.8) is 0 Å². The average Bonchev–Trinajstić information content (AvgIpc) is 2.03. The molecule has 1 rings (SSSR count). The van der Waals surface area contributed by atoms with Gasteiger partial charge < -0.3 is 0 Å². The van der Waals surface area contributed by atoms with Crippen LogP contribution in [-0.4, -0.2) is 10.2 Å². The van der Waals surface area contributed by atoms with Crippen LogP contribution in [0.15, 0.2) is 6.07 Å². The lowest BCUT2D eigenvalue weighted by Gasteiger charge is -2.05. The van der Waals surface area contributed by atoms with Crippen molar-refractivity contribution >= 4 is 0 Å². The Morgan fingerprint density at radius 3 is 2.50 bits per heavy atom. The number of aryl methyl sites for hydroxylation is 1. The minimum absolute atomic E-state index is 0.366. The zero-order chi connectivity index (χ0) is 9.14. The van der Waals surface area contributed by atoms with Crippen LogP contribution in [0, 0.1) is 18.3 Å². The topological polar surface area (TPSA) is 49.6 Å². The van der Waals surface area contributed by atoms with Gasteiger partial charge in [0, 0.05) is 0 Å². The Labute approximate surface area is 72.1 Å². The number of rotatable bonds is 1. The molecular formula is C9H11N3. The zero-order valence-corrected chi connectivity index (χ0v) is 7.50. The van der Waals surface area contributed by atoms with Crippen molar-refractivity contribution in [1.82, 2.24) is 10.2 Å². The fourth-order valence-corrected chi connectivity index (χ4v) is 1.12. The summed E-state index contributed by atoms with van der Waals surface area (Å²) in [7, 11) is 0. The molecule has 0 spiro atoms. The Bertz CT molecular complexity index is 323. The Morgan fingerprint density at radius 2 is 2.08 bits per heavy atom. The molecule has 0 aliphatic rings. The van der Waals surface area contributed by atoms with E-state index in [1.165, 1.54) is 0 Å². The van der Waals surface area contributed by atoms with Gasteiger partial charge in [-0.25, -0.2) is 0 Å². The smallest absolute Gasteiger partial charge is 0.163 e. The number of aromatic nitrogens is 2. The summed E-state index contributed by atoms with van der Waals surface area (Å²) >= 11 is 0. The van der Waals surface area contributed by atoms with Gasteiger partial charge in [-0.05, 0) is 24.5 Å². The summed E-state index contributed by atoms with van der Waals surface area (Å²) in [5.41, 5.74) is 2.39. The standard InChI is InChI=1S/C9H11N3/c1-6(2)9-7(3)4-8(5-10)11-12-9/h4,6H,1-3H3. The number of hydrogen-bond acceptors (Lipinski definition) is 3. The first kappa shape index (κ1) is 8.66. The molecule has 1 aromatic heterocycles. The molecule has 62 valence electrons. The van der Waals surface area contributed by atoms with Gasteiger partial charge in [0.2, 0.25) is 0 Å². The third-order valence-electron chi connectivity index (χ3n) is 1.68. The summed E-state index contributed by atoms with van der Waals surface area (Å²) in [4.78, 5) is 0. The number of nitrogens with zero attached hydrogens (tertiary/aromatic N) is 3. The van der Waals surface area contributed by atoms with E-state index in [0.29, 0.717) is 11.6 Å². The SMILES string of the molecule is Cc1cc(C#N)nnc1C(C)C.